The van der Waals surface area contributed by atoms with Crippen molar-refractivity contribution in [3.8, 4) is 5.75 Å². The van der Waals surface area contributed by atoms with Gasteiger partial charge in [0.25, 0.3) is 11.8 Å². The van der Waals surface area contributed by atoms with Gasteiger partial charge in [0.1, 0.15) is 5.75 Å². The van der Waals surface area contributed by atoms with Crippen LogP contribution in [-0.2, 0) is 4.79 Å². The van der Waals surface area contributed by atoms with Crippen LogP contribution in [0.5, 0.6) is 5.75 Å². The van der Waals surface area contributed by atoms with Gasteiger partial charge in [0.05, 0.1) is 0 Å². The maximum atomic E-state index is 12.4. The van der Waals surface area contributed by atoms with Gasteiger partial charge in [-0.3, -0.25) is 9.59 Å². The van der Waals surface area contributed by atoms with E-state index >= 15 is 0 Å². The molecule has 148 valence electrons. The molecule has 1 fully saturated rings. The molecule has 1 N–H and O–H groups in total. The molecule has 1 saturated heterocycles. The predicted octanol–water partition coefficient (Wildman–Crippen LogP) is 3.61. The highest BCUT2D eigenvalue weighted by Gasteiger charge is 2.24. The molecule has 0 saturated carbocycles. The third kappa shape index (κ3) is 5.35. The van der Waals surface area contributed by atoms with Crippen molar-refractivity contribution in [2.45, 2.75) is 38.6 Å². The molecule has 1 aliphatic rings. The minimum atomic E-state index is -0.0569. The van der Waals surface area contributed by atoms with Gasteiger partial charge in [-0.25, -0.2) is 0 Å². The number of hydrogen-bond acceptors (Lipinski definition) is 3. The van der Waals surface area contributed by atoms with Gasteiger partial charge in [-0.15, -0.1) is 0 Å². The average Bonchev–Trinajstić information content (AvgIpc) is 2.73. The van der Waals surface area contributed by atoms with Crippen LogP contribution in [-0.4, -0.2) is 42.5 Å². The van der Waals surface area contributed by atoms with Gasteiger partial charge >= 0.3 is 0 Å². The van der Waals surface area contributed by atoms with Crippen molar-refractivity contribution in [2.75, 3.05) is 19.7 Å². The SMILES string of the molecule is CC(C)c1ccc(OCC(=O)N2CCC(NC(=O)c3ccccc3)CC2)cc1. The van der Waals surface area contributed by atoms with Crippen molar-refractivity contribution in [3.05, 3.63) is 65.7 Å². The molecule has 1 aliphatic heterocycles. The van der Waals surface area contributed by atoms with Crippen LogP contribution < -0.4 is 10.1 Å². The minimum absolute atomic E-state index is 0.0132. The van der Waals surface area contributed by atoms with Crippen LogP contribution in [0.15, 0.2) is 54.6 Å². The molecule has 5 heteroatoms. The third-order valence-electron chi connectivity index (χ3n) is 5.13. The lowest BCUT2D eigenvalue weighted by Gasteiger charge is -2.32. The Labute approximate surface area is 166 Å². The monoisotopic (exact) mass is 380 g/mol. The van der Waals surface area contributed by atoms with Gasteiger partial charge in [-0.1, -0.05) is 44.2 Å². The fourth-order valence-electron chi connectivity index (χ4n) is 3.32. The Morgan fingerprint density at radius 3 is 2.29 bits per heavy atom. The first-order valence-corrected chi connectivity index (χ1v) is 9.89. The van der Waals surface area contributed by atoms with E-state index in [-0.39, 0.29) is 24.5 Å². The van der Waals surface area contributed by atoms with Crippen molar-refractivity contribution in [1.82, 2.24) is 10.2 Å². The molecule has 0 radical (unpaired) electrons. The van der Waals surface area contributed by atoms with Crippen molar-refractivity contribution in [2.24, 2.45) is 0 Å². The molecule has 2 aromatic carbocycles. The molecule has 0 spiro atoms. The van der Waals surface area contributed by atoms with Gasteiger partial charge in [0.15, 0.2) is 6.61 Å². The quantitative estimate of drug-likeness (QED) is 0.833. The molecule has 0 aliphatic carbocycles. The first-order chi connectivity index (χ1) is 13.5. The molecular formula is C23H28N2O3. The van der Waals surface area contributed by atoms with E-state index in [1.54, 1.807) is 12.1 Å². The van der Waals surface area contributed by atoms with E-state index in [4.69, 9.17) is 4.74 Å². The average molecular weight is 380 g/mol. The number of amides is 2. The van der Waals surface area contributed by atoms with Crippen molar-refractivity contribution < 1.29 is 14.3 Å². The maximum Gasteiger partial charge on any atom is 0.260 e. The second kappa shape index (κ2) is 9.40. The molecule has 3 rings (SSSR count). The van der Waals surface area contributed by atoms with Crippen molar-refractivity contribution in [3.63, 3.8) is 0 Å². The van der Waals surface area contributed by atoms with Crippen LogP contribution in [0, 0.1) is 0 Å². The predicted molar refractivity (Wildman–Crippen MR) is 110 cm³/mol. The first-order valence-electron chi connectivity index (χ1n) is 9.89. The second-order valence-electron chi connectivity index (χ2n) is 7.51. The molecule has 0 aromatic heterocycles. The zero-order valence-corrected chi connectivity index (χ0v) is 16.6. The van der Waals surface area contributed by atoms with Gasteiger partial charge in [-0.2, -0.15) is 0 Å². The van der Waals surface area contributed by atoms with E-state index in [2.05, 4.69) is 19.2 Å². The lowest BCUT2D eigenvalue weighted by Crippen LogP contribution is -2.47. The summed E-state index contributed by atoms with van der Waals surface area (Å²) in [6.45, 7) is 5.60. The van der Waals surface area contributed by atoms with Gasteiger partial charge in [0, 0.05) is 24.7 Å². The lowest BCUT2D eigenvalue weighted by atomic mass is 10.0. The summed E-state index contributed by atoms with van der Waals surface area (Å²) in [6, 6.07) is 17.2. The van der Waals surface area contributed by atoms with Gasteiger partial charge in [0.2, 0.25) is 0 Å². The summed E-state index contributed by atoms with van der Waals surface area (Å²) in [6.07, 6.45) is 1.51. The summed E-state index contributed by atoms with van der Waals surface area (Å²) in [5, 5.41) is 3.06. The maximum absolute atomic E-state index is 12.4. The van der Waals surface area contributed by atoms with E-state index in [1.165, 1.54) is 5.56 Å². The van der Waals surface area contributed by atoms with Crippen LogP contribution >= 0.6 is 0 Å². The first kappa shape index (κ1) is 19.9. The molecule has 2 aromatic rings. The topological polar surface area (TPSA) is 58.6 Å². The highest BCUT2D eigenvalue weighted by atomic mass is 16.5. The van der Waals surface area contributed by atoms with Gasteiger partial charge < -0.3 is 15.0 Å². The summed E-state index contributed by atoms with van der Waals surface area (Å²) in [5.74, 6) is 1.11. The zero-order valence-electron chi connectivity index (χ0n) is 16.6. The Hall–Kier alpha value is -2.82. The van der Waals surface area contributed by atoms with E-state index in [0.717, 1.165) is 12.8 Å². The molecule has 5 nitrogen and oxygen atoms in total. The summed E-state index contributed by atoms with van der Waals surface area (Å²) < 4.78 is 5.64. The molecule has 28 heavy (non-hydrogen) atoms. The summed E-state index contributed by atoms with van der Waals surface area (Å²) in [7, 11) is 0. The Balaban J connectivity index is 1.41. The molecular weight excluding hydrogens is 352 g/mol. The number of likely N-dealkylation sites (tertiary alicyclic amines) is 1. The fourth-order valence-corrected chi connectivity index (χ4v) is 3.32. The Kier molecular flexibility index (Phi) is 6.69. The van der Waals surface area contributed by atoms with Crippen molar-refractivity contribution >= 4 is 11.8 Å². The fraction of sp³-hybridized carbons (Fsp3) is 0.391. The molecule has 0 atom stereocenters. The number of rotatable bonds is 6. The van der Waals surface area contributed by atoms with Crippen LogP contribution in [0.4, 0.5) is 0 Å². The Morgan fingerprint density at radius 1 is 1.04 bits per heavy atom. The minimum Gasteiger partial charge on any atom is -0.484 e. The normalized spacial score (nSPS) is 14.8. The molecule has 0 unspecified atom stereocenters. The zero-order chi connectivity index (χ0) is 19.9. The largest absolute Gasteiger partial charge is 0.484 e. The van der Waals surface area contributed by atoms with E-state index in [9.17, 15) is 9.59 Å². The smallest absolute Gasteiger partial charge is 0.260 e. The molecule has 2 amide bonds. The summed E-state index contributed by atoms with van der Waals surface area (Å²) >= 11 is 0. The number of nitrogens with one attached hydrogen (secondary N) is 1. The highest BCUT2D eigenvalue weighted by Crippen LogP contribution is 2.19. The summed E-state index contributed by atoms with van der Waals surface area (Å²) in [5.41, 5.74) is 1.91. The van der Waals surface area contributed by atoms with Gasteiger partial charge in [-0.05, 0) is 48.6 Å². The Morgan fingerprint density at radius 2 is 1.68 bits per heavy atom. The summed E-state index contributed by atoms with van der Waals surface area (Å²) in [4.78, 5) is 26.5. The number of carbonyl (C=O) groups excluding carboxylic acids is 2. The number of nitrogens with zero attached hydrogens (tertiary/aromatic N) is 1. The standard InChI is InChI=1S/C23H28N2O3/c1-17(2)18-8-10-21(11-9-18)28-16-22(26)25-14-12-20(13-15-25)24-23(27)19-6-4-3-5-7-19/h3-11,17,20H,12-16H2,1-2H3,(H,24,27). The second-order valence-corrected chi connectivity index (χ2v) is 7.51. The molecule has 0 bridgehead atoms. The number of ether oxygens (including phenoxy) is 1. The Bertz CT molecular complexity index is 779. The lowest BCUT2D eigenvalue weighted by molar-refractivity contribution is -0.134. The van der Waals surface area contributed by atoms with Crippen LogP contribution in [0.25, 0.3) is 0 Å². The van der Waals surface area contributed by atoms with Crippen LogP contribution in [0.2, 0.25) is 0 Å². The highest BCUT2D eigenvalue weighted by molar-refractivity contribution is 5.94. The van der Waals surface area contributed by atoms with Crippen LogP contribution in [0.3, 0.4) is 0 Å². The van der Waals surface area contributed by atoms with E-state index in [0.29, 0.717) is 30.3 Å². The van der Waals surface area contributed by atoms with Crippen LogP contribution in [0.1, 0.15) is 48.5 Å². The van der Waals surface area contributed by atoms with Crippen molar-refractivity contribution in [1.29, 1.82) is 0 Å². The number of carbonyl (C=O) groups is 2. The molecule has 1 heterocycles. The number of hydrogen-bond donors (Lipinski definition) is 1. The number of piperidine rings is 1. The van der Waals surface area contributed by atoms with E-state index < -0.39 is 0 Å². The third-order valence-corrected chi connectivity index (χ3v) is 5.13. The van der Waals surface area contributed by atoms with E-state index in [1.807, 2.05) is 47.4 Å². The number of benzene rings is 2.